The molecule has 0 aromatic carbocycles. The second-order valence-corrected chi connectivity index (χ2v) is 7.15. The van der Waals surface area contributed by atoms with E-state index in [0.29, 0.717) is 6.42 Å². The lowest BCUT2D eigenvalue weighted by molar-refractivity contribution is 0.0895. The summed E-state index contributed by atoms with van der Waals surface area (Å²) in [7, 11) is 0. The zero-order valence-electron chi connectivity index (χ0n) is 14.9. The van der Waals surface area contributed by atoms with Crippen molar-refractivity contribution < 1.29 is 18.0 Å². The fourth-order valence-corrected chi connectivity index (χ4v) is 4.12. The van der Waals surface area contributed by atoms with Crippen molar-refractivity contribution >= 4 is 5.91 Å². The van der Waals surface area contributed by atoms with Gasteiger partial charge in [-0.3, -0.25) is 10.2 Å². The molecule has 2 aliphatic rings. The average Bonchev–Trinajstić information content (AvgIpc) is 3.36. The van der Waals surface area contributed by atoms with Crippen molar-refractivity contribution in [2.75, 3.05) is 0 Å². The van der Waals surface area contributed by atoms with Gasteiger partial charge in [0.25, 0.3) is 12.3 Å². The first-order valence-electron chi connectivity index (χ1n) is 9.09. The Balaban J connectivity index is 1.48. The van der Waals surface area contributed by atoms with E-state index in [1.807, 2.05) is 6.07 Å². The van der Waals surface area contributed by atoms with Gasteiger partial charge >= 0.3 is 0 Å². The minimum Gasteiger partial charge on any atom is -0.472 e. The number of rotatable bonds is 4. The number of nitriles is 1. The van der Waals surface area contributed by atoms with Crippen LogP contribution in [0.5, 0.6) is 0 Å². The zero-order chi connectivity index (χ0) is 19.7. The van der Waals surface area contributed by atoms with Crippen LogP contribution in [0.4, 0.5) is 8.78 Å². The lowest BCUT2D eigenvalue weighted by Crippen LogP contribution is -2.44. The molecule has 0 spiro atoms. The molecule has 0 radical (unpaired) electrons. The second-order valence-electron chi connectivity index (χ2n) is 7.15. The highest BCUT2D eigenvalue weighted by Gasteiger charge is 2.41. The smallest absolute Gasteiger partial charge is 0.270 e. The summed E-state index contributed by atoms with van der Waals surface area (Å²) >= 11 is 0. The van der Waals surface area contributed by atoms with Gasteiger partial charge in [-0.2, -0.15) is 5.26 Å². The van der Waals surface area contributed by atoms with E-state index in [-0.39, 0.29) is 35.3 Å². The van der Waals surface area contributed by atoms with Crippen LogP contribution >= 0.6 is 0 Å². The molecule has 2 fully saturated rings. The number of hydrogen-bond donors (Lipinski definition) is 3. The summed E-state index contributed by atoms with van der Waals surface area (Å²) in [4.78, 5) is 16.4. The summed E-state index contributed by atoms with van der Waals surface area (Å²) in [6.45, 7) is 0. The monoisotopic (exact) mass is 387 g/mol. The summed E-state index contributed by atoms with van der Waals surface area (Å²) in [6.07, 6.45) is 3.85. The molecule has 1 aliphatic carbocycles. The van der Waals surface area contributed by atoms with Crippen molar-refractivity contribution in [2.45, 2.75) is 43.8 Å². The number of carbonyl (C=O) groups excluding carboxylic acids is 1. The van der Waals surface area contributed by atoms with Gasteiger partial charge in [-0.25, -0.2) is 19.2 Å². The minimum atomic E-state index is -2.88. The van der Waals surface area contributed by atoms with Crippen LogP contribution in [0.2, 0.25) is 0 Å². The second kappa shape index (κ2) is 7.66. The van der Waals surface area contributed by atoms with Crippen LogP contribution in [0, 0.1) is 17.2 Å². The topological polar surface area (TPSA) is 103 Å². The maximum atomic E-state index is 13.3. The number of carbonyl (C=O) groups is 1. The highest BCUT2D eigenvalue weighted by molar-refractivity contribution is 5.94. The summed E-state index contributed by atoms with van der Waals surface area (Å²) in [6, 6.07) is 4.88. The Bertz CT molecular complexity index is 896. The first-order chi connectivity index (χ1) is 13.6. The summed E-state index contributed by atoms with van der Waals surface area (Å²) in [5.41, 5.74) is 6.75. The van der Waals surface area contributed by atoms with Crippen LogP contribution in [0.1, 0.15) is 58.9 Å². The van der Waals surface area contributed by atoms with Crippen molar-refractivity contribution in [1.29, 1.82) is 5.26 Å². The van der Waals surface area contributed by atoms with E-state index in [4.69, 9.17) is 9.68 Å². The normalized spacial score (nSPS) is 26.6. The molecular formula is C19H19F2N5O2. The van der Waals surface area contributed by atoms with Gasteiger partial charge in [0.1, 0.15) is 11.8 Å². The molecule has 2 aromatic heterocycles. The number of aromatic nitrogens is 1. The van der Waals surface area contributed by atoms with Gasteiger partial charge in [0.15, 0.2) is 0 Å². The zero-order valence-corrected chi connectivity index (χ0v) is 14.9. The van der Waals surface area contributed by atoms with Crippen LogP contribution in [0.25, 0.3) is 0 Å². The third-order valence-corrected chi connectivity index (χ3v) is 5.49. The molecule has 7 nitrogen and oxygen atoms in total. The van der Waals surface area contributed by atoms with Gasteiger partial charge in [0.05, 0.1) is 29.7 Å². The van der Waals surface area contributed by atoms with E-state index in [9.17, 15) is 13.6 Å². The summed E-state index contributed by atoms with van der Waals surface area (Å²) < 4.78 is 31.8. The van der Waals surface area contributed by atoms with Crippen LogP contribution in [-0.2, 0) is 0 Å². The molecule has 9 heteroatoms. The Kier molecular flexibility index (Phi) is 5.07. The third-order valence-electron chi connectivity index (χ3n) is 5.49. The molecule has 3 heterocycles. The predicted molar refractivity (Wildman–Crippen MR) is 94.0 cm³/mol. The number of halogens is 2. The number of nitrogens with zero attached hydrogens (tertiary/aromatic N) is 2. The number of nitrogens with one attached hydrogen (secondary N) is 3. The first-order valence-corrected chi connectivity index (χ1v) is 9.09. The van der Waals surface area contributed by atoms with Gasteiger partial charge < -0.3 is 9.73 Å². The molecule has 4 atom stereocenters. The minimum absolute atomic E-state index is 0.00147. The standard InChI is InChI=1S/C19H19F2N5O2/c20-18(21)14-5-10(7-22)8-23-17(14)19(27)24-12-1-2-15-13(6-12)16(26-25-15)11-3-4-28-9-11/h3-5,8-9,12-13,15-16,18,25-26H,1-2,6H2,(H,24,27). The number of alkyl halides is 2. The molecule has 4 unspecified atom stereocenters. The Morgan fingerprint density at radius 2 is 2.25 bits per heavy atom. The molecule has 1 saturated heterocycles. The maximum Gasteiger partial charge on any atom is 0.270 e. The molecule has 146 valence electrons. The summed E-state index contributed by atoms with van der Waals surface area (Å²) in [5, 5.41) is 11.7. The molecule has 3 N–H and O–H groups in total. The van der Waals surface area contributed by atoms with Crippen LogP contribution in [0.15, 0.2) is 35.3 Å². The molecule has 1 amide bonds. The van der Waals surface area contributed by atoms with Crippen LogP contribution in [0.3, 0.4) is 0 Å². The highest BCUT2D eigenvalue weighted by atomic mass is 19.3. The Morgan fingerprint density at radius 3 is 2.96 bits per heavy atom. The van der Waals surface area contributed by atoms with E-state index < -0.39 is 17.9 Å². The number of hydrazine groups is 1. The number of pyridine rings is 1. The van der Waals surface area contributed by atoms with Crippen molar-refractivity contribution in [2.24, 2.45) is 5.92 Å². The number of amides is 1. The molecular weight excluding hydrogens is 368 g/mol. The Morgan fingerprint density at radius 1 is 1.39 bits per heavy atom. The van der Waals surface area contributed by atoms with Crippen LogP contribution < -0.4 is 16.2 Å². The number of furan rings is 1. The van der Waals surface area contributed by atoms with Gasteiger partial charge in [0, 0.05) is 23.8 Å². The van der Waals surface area contributed by atoms with Crippen molar-refractivity contribution in [1.82, 2.24) is 21.2 Å². The SMILES string of the molecule is N#Cc1cnc(C(=O)NC2CCC3NNC(c4ccoc4)C3C2)c(C(F)F)c1. The largest absolute Gasteiger partial charge is 0.472 e. The van der Waals surface area contributed by atoms with E-state index in [1.54, 1.807) is 18.6 Å². The molecule has 2 aromatic rings. The van der Waals surface area contributed by atoms with Gasteiger partial charge in [-0.15, -0.1) is 0 Å². The van der Waals surface area contributed by atoms with E-state index in [2.05, 4.69) is 21.2 Å². The van der Waals surface area contributed by atoms with Gasteiger partial charge in [0.2, 0.25) is 0 Å². The van der Waals surface area contributed by atoms with Crippen molar-refractivity contribution in [3.63, 3.8) is 0 Å². The van der Waals surface area contributed by atoms with E-state index in [1.165, 1.54) is 0 Å². The van der Waals surface area contributed by atoms with Crippen LogP contribution in [-0.4, -0.2) is 23.0 Å². The fourth-order valence-electron chi connectivity index (χ4n) is 4.12. The lowest BCUT2D eigenvalue weighted by Gasteiger charge is -2.33. The lowest BCUT2D eigenvalue weighted by atomic mass is 9.77. The van der Waals surface area contributed by atoms with Crippen molar-refractivity contribution in [3.05, 3.63) is 53.2 Å². The Hall–Kier alpha value is -2.83. The Labute approximate surface area is 160 Å². The third kappa shape index (κ3) is 3.48. The number of hydrogen-bond acceptors (Lipinski definition) is 6. The maximum absolute atomic E-state index is 13.3. The molecule has 0 bridgehead atoms. The fraction of sp³-hybridized carbons (Fsp3) is 0.421. The van der Waals surface area contributed by atoms with E-state index in [0.717, 1.165) is 30.7 Å². The van der Waals surface area contributed by atoms with Gasteiger partial charge in [-0.1, -0.05) is 0 Å². The molecule has 28 heavy (non-hydrogen) atoms. The van der Waals surface area contributed by atoms with Gasteiger partial charge in [-0.05, 0) is 37.3 Å². The molecule has 1 aliphatic heterocycles. The molecule has 4 rings (SSSR count). The number of fused-ring (bicyclic) bond motifs is 1. The predicted octanol–water partition coefficient (Wildman–Crippen LogP) is 2.60. The summed E-state index contributed by atoms with van der Waals surface area (Å²) in [5.74, 6) is -0.401. The average molecular weight is 387 g/mol. The molecule has 1 saturated carbocycles. The quantitative estimate of drug-likeness (QED) is 0.745. The van der Waals surface area contributed by atoms with Crippen molar-refractivity contribution in [3.8, 4) is 6.07 Å². The highest BCUT2D eigenvalue weighted by Crippen LogP contribution is 2.38. The van der Waals surface area contributed by atoms with E-state index >= 15 is 0 Å². The first kappa shape index (κ1) is 18.5.